The third-order valence-corrected chi connectivity index (χ3v) is 3.17. The van der Waals surface area contributed by atoms with Crippen LogP contribution in [0.3, 0.4) is 0 Å². The van der Waals surface area contributed by atoms with Gasteiger partial charge in [0.1, 0.15) is 0 Å². The molecule has 0 aliphatic heterocycles. The molecule has 0 amide bonds. The minimum atomic E-state index is -3.25. The van der Waals surface area contributed by atoms with E-state index in [2.05, 4.69) is 9.71 Å². The van der Waals surface area contributed by atoms with Gasteiger partial charge in [0.05, 0.1) is 17.6 Å². The van der Waals surface area contributed by atoms with Crippen LogP contribution in [0.1, 0.15) is 12.8 Å². The van der Waals surface area contributed by atoms with Crippen molar-refractivity contribution in [1.82, 2.24) is 4.98 Å². The third kappa shape index (κ3) is 4.75. The molecule has 3 N–H and O–H groups in total. The molecule has 0 aliphatic rings. The van der Waals surface area contributed by atoms with Gasteiger partial charge in [0.15, 0.2) is 0 Å². The Hall–Kier alpha value is -1.14. The Morgan fingerprint density at radius 1 is 1.40 bits per heavy atom. The Kier molecular flexibility index (Phi) is 4.51. The number of hydrogen-bond acceptors (Lipinski definition) is 4. The monoisotopic (exact) mass is 229 g/mol. The Balaban J connectivity index is 2.50. The summed E-state index contributed by atoms with van der Waals surface area (Å²) in [5.41, 5.74) is 5.78. The summed E-state index contributed by atoms with van der Waals surface area (Å²) in [6, 6.07) is 3.34. The zero-order valence-electron chi connectivity index (χ0n) is 8.39. The summed E-state index contributed by atoms with van der Waals surface area (Å²) in [6.07, 6.45) is 4.35. The van der Waals surface area contributed by atoms with E-state index in [4.69, 9.17) is 5.73 Å². The van der Waals surface area contributed by atoms with Gasteiger partial charge in [-0.05, 0) is 31.5 Å². The van der Waals surface area contributed by atoms with E-state index in [1.807, 2.05) is 0 Å². The highest BCUT2D eigenvalue weighted by Crippen LogP contribution is 2.07. The normalized spacial score (nSPS) is 11.3. The van der Waals surface area contributed by atoms with Crippen molar-refractivity contribution in [2.45, 2.75) is 12.8 Å². The average Bonchev–Trinajstić information content (AvgIpc) is 2.18. The molecule has 15 heavy (non-hydrogen) atoms. The van der Waals surface area contributed by atoms with E-state index < -0.39 is 10.0 Å². The fourth-order valence-corrected chi connectivity index (χ4v) is 2.26. The van der Waals surface area contributed by atoms with Crippen molar-refractivity contribution < 1.29 is 8.42 Å². The summed E-state index contributed by atoms with van der Waals surface area (Å²) < 4.78 is 25.4. The lowest BCUT2D eigenvalue weighted by atomic mass is 10.3. The van der Waals surface area contributed by atoms with Crippen molar-refractivity contribution in [3.05, 3.63) is 24.5 Å². The molecule has 0 atom stereocenters. The summed E-state index contributed by atoms with van der Waals surface area (Å²) in [6.45, 7) is 0.516. The summed E-state index contributed by atoms with van der Waals surface area (Å²) in [7, 11) is -3.25. The van der Waals surface area contributed by atoms with Gasteiger partial charge in [0, 0.05) is 6.20 Å². The average molecular weight is 229 g/mol. The number of rotatable bonds is 6. The molecule has 0 saturated heterocycles. The summed E-state index contributed by atoms with van der Waals surface area (Å²) >= 11 is 0. The molecular weight excluding hydrogens is 214 g/mol. The first-order valence-electron chi connectivity index (χ1n) is 4.74. The van der Waals surface area contributed by atoms with Crippen LogP contribution >= 0.6 is 0 Å². The molecule has 1 heterocycles. The first kappa shape index (κ1) is 11.9. The van der Waals surface area contributed by atoms with E-state index in [0.29, 0.717) is 25.1 Å². The molecule has 1 aromatic heterocycles. The van der Waals surface area contributed by atoms with Gasteiger partial charge >= 0.3 is 0 Å². The van der Waals surface area contributed by atoms with E-state index in [0.717, 1.165) is 0 Å². The molecule has 0 aromatic carbocycles. The SMILES string of the molecule is NCCCCS(=O)(=O)Nc1cccnc1. The maximum atomic E-state index is 11.5. The largest absolute Gasteiger partial charge is 0.330 e. The maximum absolute atomic E-state index is 11.5. The first-order valence-corrected chi connectivity index (χ1v) is 6.40. The van der Waals surface area contributed by atoms with Gasteiger partial charge in [0.25, 0.3) is 0 Å². The Morgan fingerprint density at radius 2 is 2.20 bits per heavy atom. The lowest BCUT2D eigenvalue weighted by Crippen LogP contribution is -2.17. The van der Waals surface area contributed by atoms with E-state index in [-0.39, 0.29) is 5.75 Å². The number of hydrogen-bond donors (Lipinski definition) is 2. The maximum Gasteiger partial charge on any atom is 0.232 e. The predicted octanol–water partition coefficient (Wildman–Crippen LogP) is 0.562. The van der Waals surface area contributed by atoms with Gasteiger partial charge in [-0.15, -0.1) is 0 Å². The molecule has 1 aromatic rings. The second-order valence-electron chi connectivity index (χ2n) is 3.16. The third-order valence-electron chi connectivity index (χ3n) is 1.80. The second kappa shape index (κ2) is 5.67. The minimum Gasteiger partial charge on any atom is -0.330 e. The molecule has 1 rings (SSSR count). The summed E-state index contributed by atoms with van der Waals surface area (Å²) in [5.74, 6) is 0.0963. The number of aromatic nitrogens is 1. The van der Waals surface area contributed by atoms with Crippen LogP contribution in [0, 0.1) is 0 Å². The van der Waals surface area contributed by atoms with Crippen molar-refractivity contribution >= 4 is 15.7 Å². The molecule has 0 radical (unpaired) electrons. The van der Waals surface area contributed by atoms with Crippen LogP contribution < -0.4 is 10.5 Å². The van der Waals surface area contributed by atoms with E-state index in [1.54, 1.807) is 18.3 Å². The molecule has 84 valence electrons. The topological polar surface area (TPSA) is 85.1 Å². The smallest absolute Gasteiger partial charge is 0.232 e. The van der Waals surface area contributed by atoms with Crippen molar-refractivity contribution in [2.24, 2.45) is 5.73 Å². The molecule has 5 nitrogen and oxygen atoms in total. The lowest BCUT2D eigenvalue weighted by Gasteiger charge is -2.06. The fourth-order valence-electron chi connectivity index (χ4n) is 1.09. The van der Waals surface area contributed by atoms with Gasteiger partial charge < -0.3 is 5.73 Å². The standard InChI is InChI=1S/C9H15N3O2S/c10-5-1-2-7-15(13,14)12-9-4-3-6-11-8-9/h3-4,6,8,12H,1-2,5,7,10H2. The van der Waals surface area contributed by atoms with Crippen molar-refractivity contribution in [1.29, 1.82) is 0 Å². The molecule has 0 fully saturated rings. The molecule has 0 aliphatic carbocycles. The molecule has 0 bridgehead atoms. The van der Waals surface area contributed by atoms with Crippen LogP contribution in [0.15, 0.2) is 24.5 Å². The Morgan fingerprint density at radius 3 is 2.80 bits per heavy atom. The summed E-state index contributed by atoms with van der Waals surface area (Å²) in [4.78, 5) is 3.82. The lowest BCUT2D eigenvalue weighted by molar-refractivity contribution is 0.597. The van der Waals surface area contributed by atoms with E-state index in [1.165, 1.54) is 6.20 Å². The van der Waals surface area contributed by atoms with Crippen LogP contribution in [-0.4, -0.2) is 25.7 Å². The number of sulfonamides is 1. The second-order valence-corrected chi connectivity index (χ2v) is 5.00. The van der Waals surface area contributed by atoms with Gasteiger partial charge in [0.2, 0.25) is 10.0 Å². The highest BCUT2D eigenvalue weighted by atomic mass is 32.2. The van der Waals surface area contributed by atoms with Crippen molar-refractivity contribution in [3.63, 3.8) is 0 Å². The molecular formula is C9H15N3O2S. The number of nitrogens with two attached hydrogens (primary N) is 1. The highest BCUT2D eigenvalue weighted by molar-refractivity contribution is 7.92. The van der Waals surface area contributed by atoms with E-state index >= 15 is 0 Å². The molecule has 0 unspecified atom stereocenters. The summed E-state index contributed by atoms with van der Waals surface area (Å²) in [5, 5.41) is 0. The zero-order chi connectivity index (χ0) is 11.1. The van der Waals surface area contributed by atoms with Crippen LogP contribution in [0.5, 0.6) is 0 Å². The highest BCUT2D eigenvalue weighted by Gasteiger charge is 2.09. The fraction of sp³-hybridized carbons (Fsp3) is 0.444. The zero-order valence-corrected chi connectivity index (χ0v) is 9.20. The van der Waals surface area contributed by atoms with Gasteiger partial charge in [-0.2, -0.15) is 0 Å². The molecule has 0 spiro atoms. The Labute approximate surface area is 89.8 Å². The van der Waals surface area contributed by atoms with Crippen molar-refractivity contribution in [2.75, 3.05) is 17.0 Å². The van der Waals surface area contributed by atoms with Crippen LogP contribution in [0.25, 0.3) is 0 Å². The van der Waals surface area contributed by atoms with Gasteiger partial charge in [-0.25, -0.2) is 8.42 Å². The predicted molar refractivity (Wildman–Crippen MR) is 59.9 cm³/mol. The van der Waals surface area contributed by atoms with Crippen molar-refractivity contribution in [3.8, 4) is 0 Å². The number of anilines is 1. The minimum absolute atomic E-state index is 0.0963. The quantitative estimate of drug-likeness (QED) is 0.698. The van der Waals surface area contributed by atoms with Crippen LogP contribution in [0.2, 0.25) is 0 Å². The van der Waals surface area contributed by atoms with Crippen LogP contribution in [0.4, 0.5) is 5.69 Å². The van der Waals surface area contributed by atoms with Gasteiger partial charge in [-0.3, -0.25) is 9.71 Å². The first-order chi connectivity index (χ1) is 7.14. The number of nitrogens with zero attached hydrogens (tertiary/aromatic N) is 1. The Bertz CT molecular complexity index is 378. The van der Waals surface area contributed by atoms with Gasteiger partial charge in [-0.1, -0.05) is 0 Å². The number of unbranched alkanes of at least 4 members (excludes halogenated alkanes) is 1. The molecule has 0 saturated carbocycles. The number of pyridine rings is 1. The van der Waals surface area contributed by atoms with Crippen LogP contribution in [-0.2, 0) is 10.0 Å². The van der Waals surface area contributed by atoms with E-state index in [9.17, 15) is 8.42 Å². The number of nitrogens with one attached hydrogen (secondary N) is 1. The molecule has 6 heteroatoms.